The fraction of sp³-hybridized carbons (Fsp3) is 0.462. The molecule has 2 aromatic rings. The van der Waals surface area contributed by atoms with Crippen molar-refractivity contribution < 1.29 is 18.0 Å². The molecule has 0 aliphatic carbocycles. The van der Waals surface area contributed by atoms with E-state index < -0.39 is 22.0 Å². The highest BCUT2D eigenvalue weighted by Crippen LogP contribution is 2.21. The minimum Gasteiger partial charge on any atom is -0.352 e. The Labute approximate surface area is 204 Å². The summed E-state index contributed by atoms with van der Waals surface area (Å²) in [4.78, 5) is 28.3. The number of hydrogen-bond donors (Lipinski definition) is 1. The normalized spacial score (nSPS) is 13.1. The quantitative estimate of drug-likeness (QED) is 0.522. The predicted octanol–water partition coefficient (Wildman–Crippen LogP) is 3.79. The average Bonchev–Trinajstić information content (AvgIpc) is 2.76. The summed E-state index contributed by atoms with van der Waals surface area (Å²) in [6, 6.07) is 14.0. The van der Waals surface area contributed by atoms with E-state index in [0.29, 0.717) is 12.1 Å². The Morgan fingerprint density at radius 2 is 1.59 bits per heavy atom. The fourth-order valence-electron chi connectivity index (χ4n) is 3.76. The maximum Gasteiger partial charge on any atom is 0.244 e. The molecular formula is C26H37N3O4S. The van der Waals surface area contributed by atoms with E-state index in [9.17, 15) is 18.0 Å². The Kier molecular flexibility index (Phi) is 9.67. The number of carbonyl (C=O) groups excluding carboxylic acids is 2. The number of hydrogen-bond acceptors (Lipinski definition) is 4. The second-order valence-electron chi connectivity index (χ2n) is 8.86. The first-order valence-electron chi connectivity index (χ1n) is 11.7. The fourth-order valence-corrected chi connectivity index (χ4v) is 4.61. The van der Waals surface area contributed by atoms with Crippen LogP contribution in [0.2, 0.25) is 0 Å². The zero-order valence-electron chi connectivity index (χ0n) is 21.0. The molecule has 0 saturated heterocycles. The molecule has 0 spiro atoms. The summed E-state index contributed by atoms with van der Waals surface area (Å²) in [5.74, 6) is -0.668. The lowest BCUT2D eigenvalue weighted by Gasteiger charge is -2.33. The van der Waals surface area contributed by atoms with Crippen molar-refractivity contribution in [3.05, 3.63) is 65.2 Å². The van der Waals surface area contributed by atoms with Crippen LogP contribution in [-0.2, 0) is 26.2 Å². The Bertz CT molecular complexity index is 1100. The van der Waals surface area contributed by atoms with E-state index in [-0.39, 0.29) is 25.0 Å². The number of nitrogens with one attached hydrogen (secondary N) is 1. The van der Waals surface area contributed by atoms with Gasteiger partial charge in [0.1, 0.15) is 12.6 Å². The number of anilines is 1. The van der Waals surface area contributed by atoms with Crippen LogP contribution in [-0.4, -0.2) is 50.0 Å². The summed E-state index contributed by atoms with van der Waals surface area (Å²) in [6.07, 6.45) is 2.26. The first-order valence-corrected chi connectivity index (χ1v) is 13.5. The number of rotatable bonds is 11. The molecule has 0 fully saturated rings. The summed E-state index contributed by atoms with van der Waals surface area (Å²) in [5.41, 5.74) is 3.22. The van der Waals surface area contributed by atoms with Crippen molar-refractivity contribution in [2.75, 3.05) is 17.1 Å². The van der Waals surface area contributed by atoms with Gasteiger partial charge in [-0.1, -0.05) is 55.8 Å². The molecule has 0 unspecified atom stereocenters. The molecule has 0 saturated carbocycles. The minimum absolute atomic E-state index is 0.0303. The van der Waals surface area contributed by atoms with Crippen LogP contribution in [0.5, 0.6) is 0 Å². The van der Waals surface area contributed by atoms with Gasteiger partial charge in [0.15, 0.2) is 0 Å². The van der Waals surface area contributed by atoms with E-state index in [2.05, 4.69) is 5.32 Å². The van der Waals surface area contributed by atoms with Crippen molar-refractivity contribution in [1.29, 1.82) is 0 Å². The molecule has 0 aromatic heterocycles. The molecule has 2 amide bonds. The van der Waals surface area contributed by atoms with Crippen molar-refractivity contribution in [3.63, 3.8) is 0 Å². The lowest BCUT2D eigenvalue weighted by molar-refractivity contribution is -0.140. The maximum atomic E-state index is 13.6. The van der Waals surface area contributed by atoms with Crippen molar-refractivity contribution in [2.45, 2.75) is 66.1 Å². The van der Waals surface area contributed by atoms with E-state index in [1.165, 1.54) is 4.90 Å². The van der Waals surface area contributed by atoms with Gasteiger partial charge >= 0.3 is 0 Å². The molecule has 0 aliphatic heterocycles. The number of benzene rings is 2. The Balaban J connectivity index is 2.44. The predicted molar refractivity (Wildman–Crippen MR) is 137 cm³/mol. The SMILES string of the molecule is CC[C@H](C(=O)N[C@@H](C)CC)N(Cc1cccc(C)c1)C(=O)CN(c1cccc(C)c1)S(C)(=O)=O. The summed E-state index contributed by atoms with van der Waals surface area (Å²) in [7, 11) is -3.73. The van der Waals surface area contributed by atoms with Gasteiger partial charge in [-0.3, -0.25) is 13.9 Å². The molecule has 0 radical (unpaired) electrons. The zero-order valence-corrected chi connectivity index (χ0v) is 21.9. The first kappa shape index (κ1) is 27.4. The average molecular weight is 488 g/mol. The molecule has 2 rings (SSSR count). The van der Waals surface area contributed by atoms with Crippen LogP contribution in [0.15, 0.2) is 48.5 Å². The van der Waals surface area contributed by atoms with Gasteiger partial charge in [-0.2, -0.15) is 0 Å². The Hall–Kier alpha value is -2.87. The highest BCUT2D eigenvalue weighted by atomic mass is 32.2. The van der Waals surface area contributed by atoms with Crippen LogP contribution in [0, 0.1) is 13.8 Å². The van der Waals surface area contributed by atoms with Crippen LogP contribution >= 0.6 is 0 Å². The second-order valence-corrected chi connectivity index (χ2v) is 10.8. The lowest BCUT2D eigenvalue weighted by Crippen LogP contribution is -2.53. The largest absolute Gasteiger partial charge is 0.352 e. The van der Waals surface area contributed by atoms with Gasteiger partial charge in [0, 0.05) is 12.6 Å². The van der Waals surface area contributed by atoms with Crippen LogP contribution < -0.4 is 9.62 Å². The van der Waals surface area contributed by atoms with E-state index in [4.69, 9.17) is 0 Å². The monoisotopic (exact) mass is 487 g/mol. The standard InChI is InChI=1S/C26H37N3O4S/c1-7-21(5)27-26(31)24(8-2)28(17-22-13-9-11-19(3)15-22)25(30)18-29(34(6,32)33)23-14-10-12-20(4)16-23/h9-16,21,24H,7-8,17-18H2,1-6H3,(H,27,31)/t21-,24+/m0/s1. The minimum atomic E-state index is -3.73. The third-order valence-corrected chi connectivity index (χ3v) is 6.93. The number of carbonyl (C=O) groups is 2. The molecule has 34 heavy (non-hydrogen) atoms. The molecular weight excluding hydrogens is 450 g/mol. The van der Waals surface area contributed by atoms with E-state index in [1.807, 2.05) is 65.0 Å². The van der Waals surface area contributed by atoms with Gasteiger partial charge in [0.2, 0.25) is 21.8 Å². The molecule has 0 aliphatic rings. The Morgan fingerprint density at radius 1 is 0.971 bits per heavy atom. The van der Waals surface area contributed by atoms with Gasteiger partial charge in [-0.15, -0.1) is 0 Å². The summed E-state index contributed by atoms with van der Waals surface area (Å²) >= 11 is 0. The van der Waals surface area contributed by atoms with Gasteiger partial charge in [0.25, 0.3) is 0 Å². The third kappa shape index (κ3) is 7.58. The summed E-state index contributed by atoms with van der Waals surface area (Å²) in [6.45, 7) is 9.40. The highest BCUT2D eigenvalue weighted by molar-refractivity contribution is 7.92. The van der Waals surface area contributed by atoms with Crippen molar-refractivity contribution in [3.8, 4) is 0 Å². The van der Waals surface area contributed by atoms with Crippen molar-refractivity contribution in [1.82, 2.24) is 10.2 Å². The van der Waals surface area contributed by atoms with Gasteiger partial charge in [-0.05, 0) is 56.9 Å². The van der Waals surface area contributed by atoms with Crippen LogP contribution in [0.25, 0.3) is 0 Å². The number of nitrogens with zero attached hydrogens (tertiary/aromatic N) is 2. The first-order chi connectivity index (χ1) is 16.0. The lowest BCUT2D eigenvalue weighted by atomic mass is 10.1. The van der Waals surface area contributed by atoms with Crippen LogP contribution in [0.3, 0.4) is 0 Å². The topological polar surface area (TPSA) is 86.8 Å². The molecule has 8 heteroatoms. The summed E-state index contributed by atoms with van der Waals surface area (Å²) in [5, 5.41) is 2.97. The number of amides is 2. The van der Waals surface area contributed by atoms with Gasteiger partial charge in [0.05, 0.1) is 11.9 Å². The molecule has 0 bridgehead atoms. The molecule has 2 atom stereocenters. The molecule has 2 aromatic carbocycles. The molecule has 0 heterocycles. The van der Waals surface area contributed by atoms with E-state index >= 15 is 0 Å². The highest BCUT2D eigenvalue weighted by Gasteiger charge is 2.32. The molecule has 7 nitrogen and oxygen atoms in total. The third-order valence-electron chi connectivity index (χ3n) is 5.79. The van der Waals surface area contributed by atoms with Crippen LogP contribution in [0.4, 0.5) is 5.69 Å². The van der Waals surface area contributed by atoms with E-state index in [0.717, 1.165) is 33.7 Å². The van der Waals surface area contributed by atoms with E-state index in [1.54, 1.807) is 18.2 Å². The summed E-state index contributed by atoms with van der Waals surface area (Å²) < 4.78 is 26.4. The van der Waals surface area contributed by atoms with Crippen molar-refractivity contribution in [2.24, 2.45) is 0 Å². The number of aryl methyl sites for hydroxylation is 2. The van der Waals surface area contributed by atoms with Crippen molar-refractivity contribution >= 4 is 27.5 Å². The molecule has 186 valence electrons. The number of sulfonamides is 1. The van der Waals surface area contributed by atoms with Gasteiger partial charge < -0.3 is 10.2 Å². The zero-order chi connectivity index (χ0) is 25.5. The Morgan fingerprint density at radius 3 is 2.12 bits per heavy atom. The molecule has 1 N–H and O–H groups in total. The van der Waals surface area contributed by atoms with Gasteiger partial charge in [-0.25, -0.2) is 8.42 Å². The van der Waals surface area contributed by atoms with Crippen LogP contribution in [0.1, 0.15) is 50.3 Å². The smallest absolute Gasteiger partial charge is 0.244 e. The second kappa shape index (κ2) is 12.0. The maximum absolute atomic E-state index is 13.6.